The van der Waals surface area contributed by atoms with E-state index in [1.807, 2.05) is 49.4 Å². The van der Waals surface area contributed by atoms with Gasteiger partial charge in [0.2, 0.25) is 0 Å². The van der Waals surface area contributed by atoms with Crippen molar-refractivity contribution in [3.05, 3.63) is 69.2 Å². The fourth-order valence-corrected chi connectivity index (χ4v) is 2.93. The third-order valence-corrected chi connectivity index (χ3v) is 4.10. The number of nitrogens with one attached hydrogen (secondary N) is 1. The second kappa shape index (κ2) is 5.77. The van der Waals surface area contributed by atoms with Crippen LogP contribution in [0.25, 0.3) is 10.9 Å². The van der Waals surface area contributed by atoms with E-state index in [1.165, 1.54) is 0 Å². The molecule has 3 aromatic rings. The highest BCUT2D eigenvalue weighted by Crippen LogP contribution is 2.22. The van der Waals surface area contributed by atoms with E-state index >= 15 is 0 Å². The third-order valence-electron chi connectivity index (χ3n) is 3.80. The van der Waals surface area contributed by atoms with Crippen molar-refractivity contribution in [3.8, 4) is 5.75 Å². The van der Waals surface area contributed by atoms with Crippen LogP contribution in [0.4, 0.5) is 0 Å². The van der Waals surface area contributed by atoms with Gasteiger partial charge >= 0.3 is 0 Å². The second-order valence-corrected chi connectivity index (χ2v) is 5.49. The number of H-pyrrole nitrogens is 1. The molecule has 0 saturated heterocycles. The number of hydrogen-bond acceptors (Lipinski definition) is 3. The van der Waals surface area contributed by atoms with Gasteiger partial charge in [-0.25, -0.2) is 0 Å². The summed E-state index contributed by atoms with van der Waals surface area (Å²) in [6.07, 6.45) is 0. The lowest BCUT2D eigenvalue weighted by molar-refractivity contribution is 0.413. The minimum Gasteiger partial charge on any atom is -0.497 e. The molecule has 0 aliphatic carbocycles. The Labute approximate surface area is 133 Å². The first-order valence-corrected chi connectivity index (χ1v) is 7.40. The van der Waals surface area contributed by atoms with Crippen LogP contribution in [0.3, 0.4) is 0 Å². The normalized spacial score (nSPS) is 12.3. The van der Waals surface area contributed by atoms with E-state index in [9.17, 15) is 4.79 Å². The lowest BCUT2D eigenvalue weighted by atomic mass is 10.1. The smallest absolute Gasteiger partial charge is 0.262 e. The van der Waals surface area contributed by atoms with Gasteiger partial charge in [0.1, 0.15) is 5.75 Å². The van der Waals surface area contributed by atoms with Gasteiger partial charge in [-0.2, -0.15) is 0 Å². The molecule has 1 unspecified atom stereocenters. The largest absolute Gasteiger partial charge is 0.497 e. The van der Waals surface area contributed by atoms with Crippen LogP contribution in [0.5, 0.6) is 5.75 Å². The van der Waals surface area contributed by atoms with Crippen molar-refractivity contribution in [1.29, 1.82) is 0 Å². The molecule has 1 N–H and O–H groups in total. The molecule has 0 fully saturated rings. The zero-order valence-electron chi connectivity index (χ0n) is 12.4. The van der Waals surface area contributed by atoms with Gasteiger partial charge < -0.3 is 9.72 Å². The number of ether oxygens (including phenoxy) is 1. The molecule has 22 heavy (non-hydrogen) atoms. The Hall–Kier alpha value is -2.40. The molecular formula is C17H16N2O2S. The van der Waals surface area contributed by atoms with E-state index < -0.39 is 0 Å². The molecule has 5 heteroatoms. The monoisotopic (exact) mass is 312 g/mol. The fraction of sp³-hybridized carbons (Fsp3) is 0.176. The van der Waals surface area contributed by atoms with Crippen LogP contribution < -0.4 is 10.3 Å². The lowest BCUT2D eigenvalue weighted by Crippen LogP contribution is -2.25. The van der Waals surface area contributed by atoms with Crippen molar-refractivity contribution in [2.24, 2.45) is 0 Å². The molecule has 4 nitrogen and oxygen atoms in total. The van der Waals surface area contributed by atoms with E-state index in [1.54, 1.807) is 17.7 Å². The maximum atomic E-state index is 12.8. The fourth-order valence-electron chi connectivity index (χ4n) is 2.58. The summed E-state index contributed by atoms with van der Waals surface area (Å²) in [6, 6.07) is 14.9. The van der Waals surface area contributed by atoms with Crippen molar-refractivity contribution in [3.63, 3.8) is 0 Å². The van der Waals surface area contributed by atoms with Crippen LogP contribution in [0, 0.1) is 4.77 Å². The van der Waals surface area contributed by atoms with E-state index in [0.717, 1.165) is 16.8 Å². The average molecular weight is 312 g/mol. The molecule has 2 aromatic carbocycles. The van der Waals surface area contributed by atoms with Gasteiger partial charge in [-0.15, -0.1) is 0 Å². The van der Waals surface area contributed by atoms with Gasteiger partial charge in [-0.05, 0) is 49.0 Å². The number of nitrogens with zero attached hydrogens (tertiary/aromatic N) is 1. The highest BCUT2D eigenvalue weighted by Gasteiger charge is 2.14. The molecule has 0 spiro atoms. The highest BCUT2D eigenvalue weighted by molar-refractivity contribution is 7.71. The lowest BCUT2D eigenvalue weighted by Gasteiger charge is -2.17. The van der Waals surface area contributed by atoms with Gasteiger partial charge in [-0.3, -0.25) is 9.36 Å². The number of rotatable bonds is 3. The zero-order valence-corrected chi connectivity index (χ0v) is 13.2. The number of aromatic nitrogens is 2. The number of aromatic amines is 1. The van der Waals surface area contributed by atoms with E-state index in [4.69, 9.17) is 17.0 Å². The average Bonchev–Trinajstić information content (AvgIpc) is 2.54. The maximum absolute atomic E-state index is 12.8. The predicted molar refractivity (Wildman–Crippen MR) is 90.2 cm³/mol. The van der Waals surface area contributed by atoms with E-state index in [-0.39, 0.29) is 11.6 Å². The molecule has 0 radical (unpaired) electrons. The third kappa shape index (κ3) is 2.44. The zero-order chi connectivity index (χ0) is 15.7. The minimum absolute atomic E-state index is 0.0883. The first-order chi connectivity index (χ1) is 10.6. The number of para-hydroxylation sites is 1. The van der Waals surface area contributed by atoms with Gasteiger partial charge in [0.05, 0.1) is 24.1 Å². The first-order valence-electron chi connectivity index (χ1n) is 6.99. The molecule has 1 heterocycles. The quantitative estimate of drug-likeness (QED) is 0.751. The summed E-state index contributed by atoms with van der Waals surface area (Å²) in [6.45, 7) is 1.95. The summed E-state index contributed by atoms with van der Waals surface area (Å²) in [5, 5.41) is 0.630. The minimum atomic E-state index is -0.184. The Morgan fingerprint density at radius 1 is 1.18 bits per heavy atom. The van der Waals surface area contributed by atoms with E-state index in [0.29, 0.717) is 10.2 Å². The summed E-state index contributed by atoms with van der Waals surface area (Å²) >= 11 is 5.38. The predicted octanol–water partition coefficient (Wildman–Crippen LogP) is 3.68. The molecule has 1 aromatic heterocycles. The Morgan fingerprint density at radius 2 is 1.95 bits per heavy atom. The molecular weight excluding hydrogens is 296 g/mol. The molecule has 0 aliphatic rings. The molecule has 3 rings (SSSR count). The number of hydrogen-bond donors (Lipinski definition) is 1. The van der Waals surface area contributed by atoms with Crippen LogP contribution in [0.1, 0.15) is 18.5 Å². The van der Waals surface area contributed by atoms with Crippen molar-refractivity contribution < 1.29 is 4.74 Å². The SMILES string of the molecule is COc1cccc(C(C)n2c(=S)[nH]c3ccccc3c2=O)c1. The van der Waals surface area contributed by atoms with Crippen LogP contribution in [-0.4, -0.2) is 16.7 Å². The summed E-state index contributed by atoms with van der Waals surface area (Å²) in [7, 11) is 1.62. The van der Waals surface area contributed by atoms with Gasteiger partial charge in [-0.1, -0.05) is 24.3 Å². The Bertz CT molecular complexity index is 943. The number of benzene rings is 2. The van der Waals surface area contributed by atoms with Gasteiger partial charge in [0.25, 0.3) is 5.56 Å². The van der Waals surface area contributed by atoms with Crippen molar-refractivity contribution in [2.75, 3.05) is 7.11 Å². The Balaban J connectivity index is 2.21. The molecule has 112 valence electrons. The van der Waals surface area contributed by atoms with E-state index in [2.05, 4.69) is 4.98 Å². The number of fused-ring (bicyclic) bond motifs is 1. The number of methoxy groups -OCH3 is 1. The van der Waals surface area contributed by atoms with Crippen LogP contribution >= 0.6 is 12.2 Å². The highest BCUT2D eigenvalue weighted by atomic mass is 32.1. The molecule has 1 atom stereocenters. The Morgan fingerprint density at radius 3 is 2.73 bits per heavy atom. The molecule has 0 aliphatic heterocycles. The maximum Gasteiger partial charge on any atom is 0.262 e. The van der Waals surface area contributed by atoms with Crippen molar-refractivity contribution >= 4 is 23.1 Å². The molecule has 0 bridgehead atoms. The van der Waals surface area contributed by atoms with Gasteiger partial charge in [0, 0.05) is 0 Å². The first kappa shape index (κ1) is 14.5. The summed E-state index contributed by atoms with van der Waals surface area (Å²) in [4.78, 5) is 15.9. The summed E-state index contributed by atoms with van der Waals surface area (Å²) in [5.74, 6) is 0.757. The molecule has 0 amide bonds. The molecule has 0 saturated carbocycles. The Kier molecular flexibility index (Phi) is 3.81. The second-order valence-electron chi connectivity index (χ2n) is 5.10. The van der Waals surface area contributed by atoms with Gasteiger partial charge in [0.15, 0.2) is 4.77 Å². The topological polar surface area (TPSA) is 47.0 Å². The van der Waals surface area contributed by atoms with Crippen LogP contribution in [0.15, 0.2) is 53.3 Å². The van der Waals surface area contributed by atoms with Crippen LogP contribution in [0.2, 0.25) is 0 Å². The van der Waals surface area contributed by atoms with Crippen LogP contribution in [-0.2, 0) is 0 Å². The standard InChI is InChI=1S/C17H16N2O2S/c1-11(12-6-5-7-13(10-12)21-2)19-16(20)14-8-3-4-9-15(14)18-17(19)22/h3-11H,1-2H3,(H,18,22). The summed E-state index contributed by atoms with van der Waals surface area (Å²) in [5.41, 5.74) is 1.64. The summed E-state index contributed by atoms with van der Waals surface area (Å²) < 4.78 is 7.27. The van der Waals surface area contributed by atoms with Crippen molar-refractivity contribution in [2.45, 2.75) is 13.0 Å². The van der Waals surface area contributed by atoms with Crippen molar-refractivity contribution in [1.82, 2.24) is 9.55 Å².